The van der Waals surface area contributed by atoms with Crippen LogP contribution >= 0.6 is 11.3 Å². The summed E-state index contributed by atoms with van der Waals surface area (Å²) in [6, 6.07) is 7.72. The molecule has 142 valence electrons. The molecule has 0 aliphatic carbocycles. The molecule has 2 aromatic heterocycles. The van der Waals surface area contributed by atoms with Gasteiger partial charge in [0.15, 0.2) is 5.79 Å². The van der Waals surface area contributed by atoms with Crippen LogP contribution in [0.5, 0.6) is 0 Å². The Morgan fingerprint density at radius 3 is 2.82 bits per heavy atom. The van der Waals surface area contributed by atoms with Crippen LogP contribution in [0.4, 0.5) is 0 Å². The second-order valence-electron chi connectivity index (χ2n) is 7.26. The van der Waals surface area contributed by atoms with Gasteiger partial charge in [0, 0.05) is 31.4 Å². The summed E-state index contributed by atoms with van der Waals surface area (Å²) in [4.78, 5) is 18.9. The number of benzene rings is 1. The van der Waals surface area contributed by atoms with Gasteiger partial charge < -0.3 is 9.47 Å². The average molecular weight is 392 g/mol. The van der Waals surface area contributed by atoms with Crippen LogP contribution in [0.3, 0.4) is 0 Å². The molecule has 0 saturated carbocycles. The first kappa shape index (κ1) is 17.6. The van der Waals surface area contributed by atoms with Gasteiger partial charge in [-0.1, -0.05) is 11.8 Å². The summed E-state index contributed by atoms with van der Waals surface area (Å²) in [5.41, 5.74) is 2.76. The highest BCUT2D eigenvalue weighted by Gasteiger charge is 2.38. The summed E-state index contributed by atoms with van der Waals surface area (Å²) in [5.74, 6) is 6.67. The third kappa shape index (κ3) is 3.06. The van der Waals surface area contributed by atoms with E-state index < -0.39 is 5.79 Å². The zero-order chi connectivity index (χ0) is 19.1. The fourth-order valence-corrected chi connectivity index (χ4v) is 4.66. The first-order valence-corrected chi connectivity index (χ1v) is 10.4. The van der Waals surface area contributed by atoms with Gasteiger partial charge in [-0.25, -0.2) is 4.98 Å². The first-order chi connectivity index (χ1) is 13.6. The van der Waals surface area contributed by atoms with Gasteiger partial charge in [0.2, 0.25) is 0 Å². The summed E-state index contributed by atoms with van der Waals surface area (Å²) >= 11 is 1.64. The van der Waals surface area contributed by atoms with Crippen molar-refractivity contribution in [3.63, 3.8) is 0 Å². The monoisotopic (exact) mass is 392 g/mol. The summed E-state index contributed by atoms with van der Waals surface area (Å²) in [5, 5.41) is 2.67. The van der Waals surface area contributed by atoms with E-state index in [1.807, 2.05) is 23.6 Å². The molecule has 1 aromatic carbocycles. The molecular weight excluding hydrogens is 372 g/mol. The fourth-order valence-electron chi connectivity index (χ4n) is 3.89. The number of hydrogen-bond acceptors (Lipinski definition) is 5. The van der Waals surface area contributed by atoms with Crippen molar-refractivity contribution in [1.82, 2.24) is 9.55 Å². The number of aryl methyl sites for hydroxylation is 2. The Balaban J connectivity index is 1.53. The van der Waals surface area contributed by atoms with Gasteiger partial charge in [-0.05, 0) is 42.1 Å². The first-order valence-electron chi connectivity index (χ1n) is 9.51. The predicted octanol–water partition coefficient (Wildman–Crippen LogP) is 3.25. The summed E-state index contributed by atoms with van der Waals surface area (Å²) in [7, 11) is 0. The maximum atomic E-state index is 13.0. The van der Waals surface area contributed by atoms with Crippen LogP contribution < -0.4 is 5.56 Å². The molecule has 0 amide bonds. The minimum Gasteiger partial charge on any atom is -0.347 e. The number of hydrogen-bond donors (Lipinski definition) is 0. The number of rotatable bonds is 0. The lowest BCUT2D eigenvalue weighted by Gasteiger charge is -2.24. The smallest absolute Gasteiger partial charge is 0.261 e. The lowest BCUT2D eigenvalue weighted by molar-refractivity contribution is -0.165. The van der Waals surface area contributed by atoms with E-state index in [9.17, 15) is 4.79 Å². The largest absolute Gasteiger partial charge is 0.347 e. The molecule has 0 unspecified atom stereocenters. The van der Waals surface area contributed by atoms with Crippen LogP contribution in [-0.4, -0.2) is 28.6 Å². The van der Waals surface area contributed by atoms with Gasteiger partial charge in [0.05, 0.1) is 29.0 Å². The van der Waals surface area contributed by atoms with Gasteiger partial charge >= 0.3 is 0 Å². The van der Waals surface area contributed by atoms with Gasteiger partial charge in [0.25, 0.3) is 5.56 Å². The third-order valence-electron chi connectivity index (χ3n) is 5.48. The second-order valence-corrected chi connectivity index (χ2v) is 8.17. The van der Waals surface area contributed by atoms with Crippen molar-refractivity contribution in [1.29, 1.82) is 0 Å². The number of thiophene rings is 1. The molecule has 0 bridgehead atoms. The Morgan fingerprint density at radius 2 is 2.04 bits per heavy atom. The predicted molar refractivity (Wildman–Crippen MR) is 109 cm³/mol. The number of ether oxygens (including phenoxy) is 2. The van der Waals surface area contributed by atoms with E-state index in [0.717, 1.165) is 22.7 Å². The van der Waals surface area contributed by atoms with Crippen LogP contribution in [0.25, 0.3) is 10.9 Å². The average Bonchev–Trinajstić information content (AvgIpc) is 3.28. The van der Waals surface area contributed by atoms with Gasteiger partial charge in [-0.15, -0.1) is 11.3 Å². The van der Waals surface area contributed by atoms with Crippen molar-refractivity contribution < 1.29 is 9.47 Å². The molecular formula is C22H20N2O3S. The van der Waals surface area contributed by atoms with Gasteiger partial charge in [-0.3, -0.25) is 9.36 Å². The summed E-state index contributed by atoms with van der Waals surface area (Å²) < 4.78 is 13.5. The van der Waals surface area contributed by atoms with Gasteiger partial charge in [-0.2, -0.15) is 0 Å². The lowest BCUT2D eigenvalue weighted by Crippen LogP contribution is -2.31. The minimum absolute atomic E-state index is 0.00339. The molecule has 1 spiro atoms. The molecule has 2 aliphatic rings. The molecule has 0 N–H and O–H groups in total. The highest BCUT2D eigenvalue weighted by molar-refractivity contribution is 7.10. The van der Waals surface area contributed by atoms with E-state index in [0.29, 0.717) is 43.5 Å². The summed E-state index contributed by atoms with van der Waals surface area (Å²) in [6.45, 7) is 3.86. The van der Waals surface area contributed by atoms with Crippen molar-refractivity contribution >= 4 is 22.2 Å². The molecule has 0 atom stereocenters. The van der Waals surface area contributed by atoms with Crippen molar-refractivity contribution in [3.05, 3.63) is 61.8 Å². The molecule has 5 rings (SSSR count). The van der Waals surface area contributed by atoms with Gasteiger partial charge in [0.1, 0.15) is 5.82 Å². The van der Waals surface area contributed by atoms with Crippen LogP contribution in [0.15, 0.2) is 34.4 Å². The molecule has 4 heterocycles. The summed E-state index contributed by atoms with van der Waals surface area (Å²) in [6.07, 6.45) is 2.06. The molecule has 0 radical (unpaired) electrons. The van der Waals surface area contributed by atoms with Crippen LogP contribution in [0.1, 0.15) is 34.7 Å². The number of aromatic nitrogens is 2. The maximum absolute atomic E-state index is 13.0. The Bertz CT molecular complexity index is 1180. The van der Waals surface area contributed by atoms with Crippen molar-refractivity contribution in [2.75, 3.05) is 13.2 Å². The molecule has 28 heavy (non-hydrogen) atoms. The molecule has 1 fully saturated rings. The molecule has 5 nitrogen and oxygen atoms in total. The van der Waals surface area contributed by atoms with E-state index in [4.69, 9.17) is 14.5 Å². The molecule has 2 aliphatic heterocycles. The van der Waals surface area contributed by atoms with E-state index >= 15 is 0 Å². The molecule has 1 saturated heterocycles. The Kier molecular flexibility index (Phi) is 4.31. The normalized spacial score (nSPS) is 17.9. The van der Waals surface area contributed by atoms with E-state index in [-0.39, 0.29) is 5.56 Å². The lowest BCUT2D eigenvalue weighted by atomic mass is 10.1. The quantitative estimate of drug-likeness (QED) is 0.551. The maximum Gasteiger partial charge on any atom is 0.261 e. The SMILES string of the molecule is Cc1ccsc1C#Cc1ccc2c(=O)n3c(nc2c1)CCC1(CC3)OCCO1. The second kappa shape index (κ2) is 6.85. The molecule has 3 aromatic rings. The number of fused-ring (bicyclic) bond motifs is 2. The third-order valence-corrected chi connectivity index (χ3v) is 6.41. The van der Waals surface area contributed by atoms with E-state index in [1.54, 1.807) is 15.9 Å². The standard InChI is InChI=1S/C22H20N2O3S/c1-15-7-13-28-19(15)5-3-16-2-4-17-18(14-16)23-20-6-8-22(26-11-12-27-22)9-10-24(20)21(17)25/h2,4,7,13-14H,6,8-12H2,1H3. The Labute approximate surface area is 166 Å². The van der Waals surface area contributed by atoms with E-state index in [2.05, 4.69) is 24.8 Å². The highest BCUT2D eigenvalue weighted by atomic mass is 32.1. The van der Waals surface area contributed by atoms with Crippen LogP contribution in [-0.2, 0) is 22.4 Å². The molecule has 6 heteroatoms. The zero-order valence-corrected chi connectivity index (χ0v) is 16.5. The van der Waals surface area contributed by atoms with Crippen molar-refractivity contribution in [2.45, 2.75) is 38.5 Å². The zero-order valence-electron chi connectivity index (χ0n) is 15.7. The fraction of sp³-hybridized carbons (Fsp3) is 0.364. The number of nitrogens with zero attached hydrogens (tertiary/aromatic N) is 2. The van der Waals surface area contributed by atoms with E-state index in [1.165, 1.54) is 5.56 Å². The minimum atomic E-state index is -0.554. The van der Waals surface area contributed by atoms with Crippen LogP contribution in [0, 0.1) is 18.8 Å². The highest BCUT2D eigenvalue weighted by Crippen LogP contribution is 2.31. The Hall–Kier alpha value is -2.46. The Morgan fingerprint density at radius 1 is 1.18 bits per heavy atom. The van der Waals surface area contributed by atoms with Crippen LogP contribution in [0.2, 0.25) is 0 Å². The topological polar surface area (TPSA) is 53.4 Å². The van der Waals surface area contributed by atoms with Crippen molar-refractivity contribution in [2.24, 2.45) is 0 Å². The van der Waals surface area contributed by atoms with Crippen molar-refractivity contribution in [3.8, 4) is 11.8 Å².